The molecule has 20 heavy (non-hydrogen) atoms. The molecule has 0 bridgehead atoms. The van der Waals surface area contributed by atoms with Crippen LogP contribution in [0.1, 0.15) is 11.1 Å². The topological polar surface area (TPSA) is 26.0 Å². The molecule has 0 spiro atoms. The lowest BCUT2D eigenvalue weighted by molar-refractivity contribution is 0.583. The van der Waals surface area contributed by atoms with Crippen LogP contribution in [-0.2, 0) is 12.8 Å². The van der Waals surface area contributed by atoms with Crippen molar-refractivity contribution >= 4 is 27.5 Å². The molecule has 2 rings (SSSR count). The second-order valence-corrected chi connectivity index (χ2v) is 5.88. The summed E-state index contributed by atoms with van der Waals surface area (Å²) in [5.74, 6) is -0.738. The highest BCUT2D eigenvalue weighted by Gasteiger charge is 2.13. The van der Waals surface area contributed by atoms with Gasteiger partial charge in [0.2, 0.25) is 0 Å². The maximum atomic E-state index is 13.8. The largest absolute Gasteiger partial charge is 0.327 e. The molecule has 1 unspecified atom stereocenters. The molecular weight excluding hydrogens is 348 g/mol. The molecule has 0 aliphatic heterocycles. The van der Waals surface area contributed by atoms with Crippen molar-refractivity contribution in [1.82, 2.24) is 0 Å². The Labute approximate surface area is 129 Å². The third-order valence-electron chi connectivity index (χ3n) is 3.01. The molecule has 0 aliphatic rings. The summed E-state index contributed by atoms with van der Waals surface area (Å²) in [6.07, 6.45) is 0.892. The van der Waals surface area contributed by atoms with Gasteiger partial charge in [0, 0.05) is 10.5 Å². The Morgan fingerprint density at radius 3 is 2.50 bits per heavy atom. The van der Waals surface area contributed by atoms with Crippen LogP contribution in [0.25, 0.3) is 0 Å². The highest BCUT2D eigenvalue weighted by molar-refractivity contribution is 9.10. The number of benzene rings is 2. The predicted octanol–water partition coefficient (Wildman–Crippen LogP) is 4.49. The van der Waals surface area contributed by atoms with E-state index in [9.17, 15) is 8.78 Å². The third-order valence-corrected chi connectivity index (χ3v) is 4.04. The lowest BCUT2D eigenvalue weighted by atomic mass is 9.99. The van der Waals surface area contributed by atoms with Crippen LogP contribution in [0.2, 0.25) is 5.02 Å². The molecule has 0 fully saturated rings. The van der Waals surface area contributed by atoms with Crippen LogP contribution < -0.4 is 5.73 Å². The van der Waals surface area contributed by atoms with Crippen molar-refractivity contribution in [3.8, 4) is 0 Å². The maximum absolute atomic E-state index is 13.8. The monoisotopic (exact) mass is 359 g/mol. The first-order valence-electron chi connectivity index (χ1n) is 6.09. The summed E-state index contributed by atoms with van der Waals surface area (Å²) in [6, 6.07) is 9.04. The number of rotatable bonds is 4. The van der Waals surface area contributed by atoms with E-state index < -0.39 is 5.82 Å². The summed E-state index contributed by atoms with van der Waals surface area (Å²) < 4.78 is 27.5. The van der Waals surface area contributed by atoms with Crippen molar-refractivity contribution in [2.75, 3.05) is 0 Å². The zero-order valence-electron chi connectivity index (χ0n) is 10.5. The van der Waals surface area contributed by atoms with Gasteiger partial charge in [0.25, 0.3) is 0 Å². The van der Waals surface area contributed by atoms with E-state index in [-0.39, 0.29) is 16.9 Å². The lowest BCUT2D eigenvalue weighted by Crippen LogP contribution is -2.26. The second-order valence-electron chi connectivity index (χ2n) is 4.62. The molecule has 0 radical (unpaired) electrons. The fourth-order valence-corrected chi connectivity index (χ4v) is 2.74. The van der Waals surface area contributed by atoms with Crippen molar-refractivity contribution < 1.29 is 8.78 Å². The molecule has 0 amide bonds. The van der Waals surface area contributed by atoms with Gasteiger partial charge in [-0.15, -0.1) is 0 Å². The number of halogens is 4. The number of nitrogens with two attached hydrogens (primary N) is 1. The fraction of sp³-hybridized carbons (Fsp3) is 0.200. The maximum Gasteiger partial charge on any atom is 0.145 e. The highest BCUT2D eigenvalue weighted by atomic mass is 79.9. The van der Waals surface area contributed by atoms with Gasteiger partial charge in [0.05, 0.1) is 5.02 Å². The van der Waals surface area contributed by atoms with Gasteiger partial charge in [0.1, 0.15) is 11.6 Å². The predicted molar refractivity (Wildman–Crippen MR) is 80.9 cm³/mol. The highest BCUT2D eigenvalue weighted by Crippen LogP contribution is 2.22. The average molecular weight is 361 g/mol. The van der Waals surface area contributed by atoms with Crippen LogP contribution in [-0.4, -0.2) is 6.04 Å². The Balaban J connectivity index is 2.09. The van der Waals surface area contributed by atoms with E-state index in [4.69, 9.17) is 17.3 Å². The van der Waals surface area contributed by atoms with Crippen LogP contribution in [0.15, 0.2) is 40.9 Å². The van der Waals surface area contributed by atoms with Crippen LogP contribution in [0, 0.1) is 11.6 Å². The quantitative estimate of drug-likeness (QED) is 0.854. The van der Waals surface area contributed by atoms with Crippen LogP contribution in [0.5, 0.6) is 0 Å². The summed E-state index contributed by atoms with van der Waals surface area (Å²) in [7, 11) is 0. The minimum atomic E-state index is -0.428. The summed E-state index contributed by atoms with van der Waals surface area (Å²) >= 11 is 9.03. The molecule has 0 aliphatic carbocycles. The molecule has 1 nitrogen and oxygen atoms in total. The Hall–Kier alpha value is -0.970. The van der Waals surface area contributed by atoms with Crippen LogP contribution >= 0.6 is 27.5 Å². The minimum Gasteiger partial charge on any atom is -0.327 e. The van der Waals surface area contributed by atoms with E-state index in [1.54, 1.807) is 18.2 Å². The molecule has 0 heterocycles. The molecular formula is C15H13BrClF2N. The smallest absolute Gasteiger partial charge is 0.145 e. The zero-order chi connectivity index (χ0) is 14.7. The SMILES string of the molecule is NC(Cc1ccc(F)cc1Br)Cc1cccc(Cl)c1F. The summed E-state index contributed by atoms with van der Waals surface area (Å²) in [4.78, 5) is 0. The molecule has 2 aromatic rings. The van der Waals surface area contributed by atoms with E-state index >= 15 is 0 Å². The molecule has 1 atom stereocenters. The van der Waals surface area contributed by atoms with Crippen molar-refractivity contribution in [2.45, 2.75) is 18.9 Å². The van der Waals surface area contributed by atoms with E-state index in [0.717, 1.165) is 5.56 Å². The molecule has 106 valence electrons. The van der Waals surface area contributed by atoms with Crippen molar-refractivity contribution in [3.05, 3.63) is 68.7 Å². The van der Waals surface area contributed by atoms with Gasteiger partial charge in [-0.2, -0.15) is 0 Å². The molecule has 5 heteroatoms. The molecule has 0 saturated heterocycles. The van der Waals surface area contributed by atoms with E-state index in [1.807, 2.05) is 0 Å². The molecule has 0 aromatic heterocycles. The summed E-state index contributed by atoms with van der Waals surface area (Å²) in [5.41, 5.74) is 7.42. The van der Waals surface area contributed by atoms with Gasteiger partial charge in [0.15, 0.2) is 0 Å². The van der Waals surface area contributed by atoms with Crippen LogP contribution in [0.4, 0.5) is 8.78 Å². The summed E-state index contributed by atoms with van der Waals surface area (Å²) in [6.45, 7) is 0. The lowest BCUT2D eigenvalue weighted by Gasteiger charge is -2.14. The Bertz CT molecular complexity index is 619. The van der Waals surface area contributed by atoms with Gasteiger partial charge in [-0.25, -0.2) is 8.78 Å². The molecule has 2 aromatic carbocycles. The summed E-state index contributed by atoms with van der Waals surface area (Å²) in [5, 5.41) is 0.0951. The molecule has 2 N–H and O–H groups in total. The first-order chi connectivity index (χ1) is 9.47. The number of hydrogen-bond donors (Lipinski definition) is 1. The first-order valence-corrected chi connectivity index (χ1v) is 7.27. The van der Waals surface area contributed by atoms with Gasteiger partial charge < -0.3 is 5.73 Å². The van der Waals surface area contributed by atoms with E-state index in [0.29, 0.717) is 22.9 Å². The fourth-order valence-electron chi connectivity index (χ4n) is 2.03. The normalized spacial score (nSPS) is 12.4. The Morgan fingerprint density at radius 2 is 1.80 bits per heavy atom. The molecule has 0 saturated carbocycles. The van der Waals surface area contributed by atoms with Crippen LogP contribution in [0.3, 0.4) is 0 Å². The van der Waals surface area contributed by atoms with Gasteiger partial charge in [-0.05, 0) is 42.2 Å². The first kappa shape index (κ1) is 15.4. The van der Waals surface area contributed by atoms with Gasteiger partial charge in [-0.3, -0.25) is 0 Å². The van der Waals surface area contributed by atoms with Crippen molar-refractivity contribution in [2.24, 2.45) is 5.73 Å². The minimum absolute atomic E-state index is 0.0951. The standard InChI is InChI=1S/C15H13BrClF2N/c16-13-8-11(18)5-4-9(13)6-12(20)7-10-2-1-3-14(17)15(10)19/h1-5,8,12H,6-7,20H2. The van der Waals surface area contributed by atoms with Gasteiger partial charge >= 0.3 is 0 Å². The van der Waals surface area contributed by atoms with E-state index in [1.165, 1.54) is 18.2 Å². The Morgan fingerprint density at radius 1 is 1.10 bits per heavy atom. The third kappa shape index (κ3) is 3.78. The second kappa shape index (κ2) is 6.66. The zero-order valence-corrected chi connectivity index (χ0v) is 12.9. The Kier molecular flexibility index (Phi) is 5.13. The van der Waals surface area contributed by atoms with Crippen molar-refractivity contribution in [1.29, 1.82) is 0 Å². The van der Waals surface area contributed by atoms with Crippen molar-refractivity contribution in [3.63, 3.8) is 0 Å². The average Bonchev–Trinajstić information content (AvgIpc) is 2.38. The number of hydrogen-bond acceptors (Lipinski definition) is 1. The van der Waals surface area contributed by atoms with Gasteiger partial charge in [-0.1, -0.05) is 45.7 Å². The van der Waals surface area contributed by atoms with E-state index in [2.05, 4.69) is 15.9 Å².